The van der Waals surface area contributed by atoms with Crippen molar-refractivity contribution in [1.29, 1.82) is 0 Å². The summed E-state index contributed by atoms with van der Waals surface area (Å²) in [6, 6.07) is 8.51. The fourth-order valence-electron chi connectivity index (χ4n) is 4.20. The number of halogens is 3. The molecule has 38 heavy (non-hydrogen) atoms. The molecule has 0 unspecified atom stereocenters. The van der Waals surface area contributed by atoms with E-state index in [1.807, 2.05) is 6.92 Å². The maximum atomic E-state index is 13.0. The molecular formula is C27H27Cl3N2O5S. The molecule has 0 spiro atoms. The van der Waals surface area contributed by atoms with Gasteiger partial charge in [-0.15, -0.1) is 0 Å². The van der Waals surface area contributed by atoms with Crippen molar-refractivity contribution in [2.45, 2.75) is 39.2 Å². The Bertz CT molecular complexity index is 1260. The number of nitrogens with zero attached hydrogens (tertiary/aromatic N) is 2. The monoisotopic (exact) mass is 596 g/mol. The third-order valence-corrected chi connectivity index (χ3v) is 8.05. The van der Waals surface area contributed by atoms with Gasteiger partial charge in [0.05, 0.1) is 26.6 Å². The van der Waals surface area contributed by atoms with Crippen LogP contribution < -0.4 is 9.47 Å². The van der Waals surface area contributed by atoms with E-state index in [-0.39, 0.29) is 29.0 Å². The average Bonchev–Trinajstić information content (AvgIpc) is 3.06. The summed E-state index contributed by atoms with van der Waals surface area (Å²) in [5, 5.41) is 0.671. The maximum absolute atomic E-state index is 13.0. The summed E-state index contributed by atoms with van der Waals surface area (Å²) in [7, 11) is 0. The molecule has 4 rings (SSSR count). The first-order valence-corrected chi connectivity index (χ1v) is 14.3. The summed E-state index contributed by atoms with van der Waals surface area (Å²) in [6.07, 6.45) is 5.60. The Kier molecular flexibility index (Phi) is 9.87. The highest BCUT2D eigenvalue weighted by atomic mass is 35.5. The number of ether oxygens (including phenoxy) is 2. The number of hydrogen-bond donors (Lipinski definition) is 0. The molecule has 2 heterocycles. The molecule has 2 saturated heterocycles. The summed E-state index contributed by atoms with van der Waals surface area (Å²) in [5.74, 6) is 0.0209. The van der Waals surface area contributed by atoms with Crippen LogP contribution in [-0.4, -0.2) is 53.1 Å². The number of carbonyl (C=O) groups excluding carboxylic acids is 3. The zero-order chi connectivity index (χ0) is 27.2. The summed E-state index contributed by atoms with van der Waals surface area (Å²) < 4.78 is 11.7. The molecule has 0 atom stereocenters. The van der Waals surface area contributed by atoms with Crippen molar-refractivity contribution < 1.29 is 23.9 Å². The van der Waals surface area contributed by atoms with Crippen molar-refractivity contribution in [3.8, 4) is 11.5 Å². The lowest BCUT2D eigenvalue weighted by molar-refractivity contribution is -0.135. The van der Waals surface area contributed by atoms with Gasteiger partial charge < -0.3 is 14.4 Å². The van der Waals surface area contributed by atoms with Crippen LogP contribution in [0.2, 0.25) is 15.1 Å². The van der Waals surface area contributed by atoms with Crippen molar-refractivity contribution >= 4 is 69.7 Å². The Balaban J connectivity index is 1.49. The second-order valence-corrected chi connectivity index (χ2v) is 11.1. The van der Waals surface area contributed by atoms with Crippen molar-refractivity contribution in [2.24, 2.45) is 0 Å². The second-order valence-electron chi connectivity index (χ2n) is 8.86. The molecule has 2 aromatic carbocycles. The van der Waals surface area contributed by atoms with Crippen LogP contribution in [0.4, 0.5) is 4.79 Å². The lowest BCUT2D eigenvalue weighted by atomic mass is 10.1. The Hall–Kier alpha value is -2.39. The SMILES string of the molecule is CCOc1cc(C=C2SC(=O)N(CC(=O)N3CCCCCC3)C2=O)cc(Cl)c1OCc1ccc(Cl)c(Cl)c1. The van der Waals surface area contributed by atoms with E-state index in [9.17, 15) is 14.4 Å². The molecule has 7 nitrogen and oxygen atoms in total. The first kappa shape index (κ1) is 28.6. The minimum Gasteiger partial charge on any atom is -0.490 e. The number of thioether (sulfide) groups is 1. The molecule has 2 aliphatic rings. The zero-order valence-corrected chi connectivity index (χ0v) is 23.9. The van der Waals surface area contributed by atoms with Gasteiger partial charge >= 0.3 is 0 Å². The zero-order valence-electron chi connectivity index (χ0n) is 20.8. The second kappa shape index (κ2) is 13.1. The Morgan fingerprint density at radius 3 is 2.39 bits per heavy atom. The van der Waals surface area contributed by atoms with Gasteiger partial charge in [-0.3, -0.25) is 19.3 Å². The molecule has 202 valence electrons. The number of amides is 3. The fourth-order valence-corrected chi connectivity index (χ4v) is 5.63. The number of rotatable bonds is 8. The van der Waals surface area contributed by atoms with Crippen LogP contribution in [0.3, 0.4) is 0 Å². The molecule has 0 radical (unpaired) electrons. The Labute approximate surface area is 241 Å². The smallest absolute Gasteiger partial charge is 0.294 e. The highest BCUT2D eigenvalue weighted by molar-refractivity contribution is 8.18. The number of benzene rings is 2. The normalized spacial score (nSPS) is 17.2. The van der Waals surface area contributed by atoms with Gasteiger partial charge in [0.25, 0.3) is 11.1 Å². The summed E-state index contributed by atoms with van der Waals surface area (Å²) in [6.45, 7) is 3.43. The van der Waals surface area contributed by atoms with Crippen LogP contribution >= 0.6 is 46.6 Å². The number of imide groups is 1. The predicted molar refractivity (Wildman–Crippen MR) is 151 cm³/mol. The molecule has 2 fully saturated rings. The van der Waals surface area contributed by atoms with E-state index < -0.39 is 11.1 Å². The van der Waals surface area contributed by atoms with Crippen LogP contribution in [0.25, 0.3) is 6.08 Å². The van der Waals surface area contributed by atoms with Gasteiger partial charge in [-0.25, -0.2) is 0 Å². The molecule has 2 aliphatic heterocycles. The van der Waals surface area contributed by atoms with Crippen molar-refractivity contribution in [3.63, 3.8) is 0 Å². The van der Waals surface area contributed by atoms with E-state index in [2.05, 4.69) is 0 Å². The minimum atomic E-state index is -0.503. The van der Waals surface area contributed by atoms with Crippen molar-refractivity contribution in [3.05, 3.63) is 61.4 Å². The van der Waals surface area contributed by atoms with Gasteiger partial charge in [0.1, 0.15) is 13.2 Å². The lowest BCUT2D eigenvalue weighted by Gasteiger charge is -2.22. The molecule has 0 bridgehead atoms. The van der Waals surface area contributed by atoms with Gasteiger partial charge in [-0.2, -0.15) is 0 Å². The van der Waals surface area contributed by atoms with Crippen LogP contribution in [0.15, 0.2) is 35.2 Å². The van der Waals surface area contributed by atoms with Crippen molar-refractivity contribution in [2.75, 3.05) is 26.2 Å². The molecule has 3 amide bonds. The lowest BCUT2D eigenvalue weighted by Crippen LogP contribution is -2.42. The van der Waals surface area contributed by atoms with Gasteiger partial charge in [0.15, 0.2) is 11.5 Å². The van der Waals surface area contributed by atoms with Crippen LogP contribution in [0.5, 0.6) is 11.5 Å². The molecular weight excluding hydrogens is 571 g/mol. The van der Waals surface area contributed by atoms with E-state index >= 15 is 0 Å². The highest BCUT2D eigenvalue weighted by Gasteiger charge is 2.37. The van der Waals surface area contributed by atoms with E-state index in [0.717, 1.165) is 47.9 Å². The molecule has 0 N–H and O–H groups in total. The van der Waals surface area contributed by atoms with Gasteiger partial charge in [-0.05, 0) is 73.0 Å². The van der Waals surface area contributed by atoms with Crippen LogP contribution in [-0.2, 0) is 16.2 Å². The predicted octanol–water partition coefficient (Wildman–Crippen LogP) is 7.06. The maximum Gasteiger partial charge on any atom is 0.294 e. The first-order valence-electron chi connectivity index (χ1n) is 12.3. The van der Waals surface area contributed by atoms with Gasteiger partial charge in [0.2, 0.25) is 5.91 Å². The Morgan fingerprint density at radius 2 is 1.71 bits per heavy atom. The topological polar surface area (TPSA) is 76.2 Å². The molecule has 2 aromatic rings. The number of likely N-dealkylation sites (tertiary alicyclic amines) is 1. The van der Waals surface area contributed by atoms with Crippen LogP contribution in [0.1, 0.15) is 43.7 Å². The first-order chi connectivity index (χ1) is 18.3. The van der Waals surface area contributed by atoms with E-state index in [0.29, 0.717) is 46.8 Å². The summed E-state index contributed by atoms with van der Waals surface area (Å²) >= 11 is 19.4. The third-order valence-electron chi connectivity index (χ3n) is 6.12. The highest BCUT2D eigenvalue weighted by Crippen LogP contribution is 2.40. The van der Waals surface area contributed by atoms with E-state index in [1.54, 1.807) is 41.3 Å². The third kappa shape index (κ3) is 6.97. The standard InChI is InChI=1S/C27H27Cl3N2O5S/c1-2-36-22-13-18(12-21(30)25(22)37-16-17-7-8-19(28)20(29)11-17)14-23-26(34)32(27(35)38-23)15-24(33)31-9-5-3-4-6-10-31/h7-8,11-14H,2-6,9-10,15-16H2,1H3. The Morgan fingerprint density at radius 1 is 0.974 bits per heavy atom. The summed E-state index contributed by atoms with van der Waals surface area (Å²) in [4.78, 5) is 41.3. The minimum absolute atomic E-state index is 0.181. The van der Waals surface area contributed by atoms with Crippen LogP contribution in [0, 0.1) is 0 Å². The van der Waals surface area contributed by atoms with Crippen molar-refractivity contribution in [1.82, 2.24) is 9.80 Å². The van der Waals surface area contributed by atoms with Gasteiger partial charge in [0, 0.05) is 13.1 Å². The molecule has 0 aliphatic carbocycles. The quantitative estimate of drug-likeness (QED) is 0.303. The number of hydrogen-bond acceptors (Lipinski definition) is 6. The molecule has 0 saturated carbocycles. The fraction of sp³-hybridized carbons (Fsp3) is 0.370. The number of carbonyl (C=O) groups is 3. The largest absolute Gasteiger partial charge is 0.490 e. The van der Waals surface area contributed by atoms with E-state index in [4.69, 9.17) is 44.3 Å². The average molecular weight is 598 g/mol. The molecule has 0 aromatic heterocycles. The summed E-state index contributed by atoms with van der Waals surface area (Å²) in [5.41, 5.74) is 1.36. The van der Waals surface area contributed by atoms with E-state index in [1.165, 1.54) is 0 Å². The molecule has 11 heteroatoms. The van der Waals surface area contributed by atoms with Gasteiger partial charge in [-0.1, -0.05) is 53.7 Å².